The second-order valence-corrected chi connectivity index (χ2v) is 6.19. The highest BCUT2D eigenvalue weighted by atomic mass is 32.2. The van der Waals surface area contributed by atoms with Crippen LogP contribution in [0.4, 0.5) is 0 Å². The van der Waals surface area contributed by atoms with Gasteiger partial charge in [-0.3, -0.25) is 4.79 Å². The van der Waals surface area contributed by atoms with Crippen molar-refractivity contribution in [3.63, 3.8) is 0 Å². The van der Waals surface area contributed by atoms with Gasteiger partial charge in [0.2, 0.25) is 5.09 Å². The molecule has 0 bridgehead atoms. The predicted molar refractivity (Wildman–Crippen MR) is 69.6 cm³/mol. The molecule has 6 nitrogen and oxygen atoms in total. The highest BCUT2D eigenvalue weighted by molar-refractivity contribution is 7.89. The van der Waals surface area contributed by atoms with Gasteiger partial charge in [-0.15, -0.1) is 0 Å². The third kappa shape index (κ3) is 5.54. The van der Waals surface area contributed by atoms with Crippen LogP contribution in [0.5, 0.6) is 0 Å². The topological polar surface area (TPSA) is 85.6 Å². The van der Waals surface area contributed by atoms with Crippen molar-refractivity contribution in [1.29, 1.82) is 0 Å². The lowest BCUT2D eigenvalue weighted by atomic mass is 10.2. The van der Waals surface area contributed by atoms with Gasteiger partial charge in [0.15, 0.2) is 12.0 Å². The first kappa shape index (κ1) is 15.9. The van der Waals surface area contributed by atoms with Gasteiger partial charge in [0.1, 0.15) is 0 Å². The Labute approximate surface area is 113 Å². The summed E-state index contributed by atoms with van der Waals surface area (Å²) in [5.74, 6) is 0.446. The standard InChI is InChI=1S/C12H19NO5S/c1-10(2)9-17-7-3-6-13-19(15,16)12-5-4-11(8-14)18-12/h4-5,8,10,13H,3,6-7,9H2,1-2H3. The van der Waals surface area contributed by atoms with Gasteiger partial charge in [-0.25, -0.2) is 13.1 Å². The first-order chi connectivity index (χ1) is 8.95. The number of carbonyl (C=O) groups excluding carboxylic acids is 1. The van der Waals surface area contributed by atoms with E-state index in [0.717, 1.165) is 0 Å². The van der Waals surface area contributed by atoms with Crippen LogP contribution < -0.4 is 4.72 Å². The summed E-state index contributed by atoms with van der Waals surface area (Å²) >= 11 is 0. The molecule has 0 aliphatic heterocycles. The van der Waals surface area contributed by atoms with Crippen LogP contribution in [0.3, 0.4) is 0 Å². The Hall–Kier alpha value is -1.18. The molecule has 0 saturated carbocycles. The summed E-state index contributed by atoms with van der Waals surface area (Å²) in [6, 6.07) is 2.56. The summed E-state index contributed by atoms with van der Waals surface area (Å²) in [6.07, 6.45) is 1.03. The molecule has 0 amide bonds. The second-order valence-electron chi connectivity index (χ2n) is 4.49. The first-order valence-corrected chi connectivity index (χ1v) is 7.56. The quantitative estimate of drug-likeness (QED) is 0.549. The van der Waals surface area contributed by atoms with Gasteiger partial charge in [0.05, 0.1) is 0 Å². The minimum absolute atomic E-state index is 0.0133. The van der Waals surface area contributed by atoms with E-state index >= 15 is 0 Å². The van der Waals surface area contributed by atoms with Gasteiger partial charge in [-0.05, 0) is 24.5 Å². The fraction of sp³-hybridized carbons (Fsp3) is 0.583. The summed E-state index contributed by atoms with van der Waals surface area (Å²) in [5.41, 5.74) is 0. The van der Waals surface area contributed by atoms with Gasteiger partial charge in [-0.1, -0.05) is 13.8 Å². The highest BCUT2D eigenvalue weighted by Crippen LogP contribution is 2.11. The van der Waals surface area contributed by atoms with E-state index in [1.54, 1.807) is 0 Å². The van der Waals surface area contributed by atoms with Crippen LogP contribution in [0.25, 0.3) is 0 Å². The molecule has 0 fully saturated rings. The van der Waals surface area contributed by atoms with Crippen molar-refractivity contribution in [2.45, 2.75) is 25.4 Å². The summed E-state index contributed by atoms with van der Waals surface area (Å²) in [6.45, 7) is 5.51. The van der Waals surface area contributed by atoms with Crippen LogP contribution in [-0.2, 0) is 14.8 Å². The van der Waals surface area contributed by atoms with Crippen LogP contribution in [0, 0.1) is 5.92 Å². The van der Waals surface area contributed by atoms with Crippen LogP contribution in [0.1, 0.15) is 30.8 Å². The van der Waals surface area contributed by atoms with Crippen molar-refractivity contribution in [1.82, 2.24) is 4.72 Å². The van der Waals surface area contributed by atoms with Crippen LogP contribution >= 0.6 is 0 Å². The average Bonchev–Trinajstić information content (AvgIpc) is 2.82. The van der Waals surface area contributed by atoms with E-state index in [0.29, 0.717) is 31.8 Å². The summed E-state index contributed by atoms with van der Waals surface area (Å²) in [5, 5.41) is -0.252. The van der Waals surface area contributed by atoms with Gasteiger partial charge < -0.3 is 9.15 Å². The smallest absolute Gasteiger partial charge is 0.273 e. The monoisotopic (exact) mass is 289 g/mol. The Morgan fingerprint density at radius 3 is 2.74 bits per heavy atom. The number of ether oxygens (including phenoxy) is 1. The number of hydrogen-bond donors (Lipinski definition) is 1. The van der Waals surface area contributed by atoms with Gasteiger partial charge in [0.25, 0.3) is 10.0 Å². The van der Waals surface area contributed by atoms with Crippen LogP contribution in [0.2, 0.25) is 0 Å². The van der Waals surface area contributed by atoms with E-state index in [-0.39, 0.29) is 17.4 Å². The Kier molecular flexibility index (Phi) is 6.20. The molecule has 7 heteroatoms. The molecule has 0 spiro atoms. The molecule has 1 aromatic rings. The Morgan fingerprint density at radius 2 is 2.16 bits per heavy atom. The fourth-order valence-corrected chi connectivity index (χ4v) is 2.32. The minimum Gasteiger partial charge on any atom is -0.440 e. The number of aldehydes is 1. The lowest BCUT2D eigenvalue weighted by molar-refractivity contribution is 0.108. The number of rotatable bonds is 9. The third-order valence-electron chi connectivity index (χ3n) is 2.19. The number of nitrogens with one attached hydrogen (secondary N) is 1. The minimum atomic E-state index is -3.68. The Bertz CT molecular complexity index is 492. The van der Waals surface area contributed by atoms with Crippen LogP contribution in [-0.4, -0.2) is 34.5 Å². The van der Waals surface area contributed by atoms with E-state index in [9.17, 15) is 13.2 Å². The molecule has 1 rings (SSSR count). The molecule has 0 aliphatic carbocycles. The largest absolute Gasteiger partial charge is 0.440 e. The number of furan rings is 1. The van der Waals surface area contributed by atoms with Crippen molar-refractivity contribution >= 4 is 16.3 Å². The van der Waals surface area contributed by atoms with E-state index < -0.39 is 10.0 Å². The van der Waals surface area contributed by atoms with Crippen molar-refractivity contribution in [2.75, 3.05) is 19.8 Å². The van der Waals surface area contributed by atoms with Crippen LogP contribution in [0.15, 0.2) is 21.6 Å². The predicted octanol–water partition coefficient (Wildman–Crippen LogP) is 1.43. The van der Waals surface area contributed by atoms with Crippen molar-refractivity contribution in [3.8, 4) is 0 Å². The molecule has 0 aliphatic rings. The Morgan fingerprint density at radius 1 is 1.42 bits per heavy atom. The van der Waals surface area contributed by atoms with Gasteiger partial charge in [-0.2, -0.15) is 0 Å². The zero-order valence-corrected chi connectivity index (χ0v) is 11.9. The summed E-state index contributed by atoms with van der Waals surface area (Å²) in [7, 11) is -3.68. The van der Waals surface area contributed by atoms with Crippen molar-refractivity contribution in [2.24, 2.45) is 5.92 Å². The normalized spacial score (nSPS) is 11.9. The van der Waals surface area contributed by atoms with Gasteiger partial charge in [0, 0.05) is 19.8 Å². The molecule has 108 valence electrons. The molecule has 1 N–H and O–H groups in total. The maximum absolute atomic E-state index is 11.7. The van der Waals surface area contributed by atoms with Crippen molar-refractivity contribution < 1.29 is 22.4 Å². The molecule has 1 aromatic heterocycles. The second kappa shape index (κ2) is 7.42. The van der Waals surface area contributed by atoms with E-state index in [1.165, 1.54) is 12.1 Å². The SMILES string of the molecule is CC(C)COCCCNS(=O)(=O)c1ccc(C=O)o1. The average molecular weight is 289 g/mol. The fourth-order valence-electron chi connectivity index (χ4n) is 1.31. The molecular formula is C12H19NO5S. The summed E-state index contributed by atoms with van der Waals surface area (Å²) < 4.78 is 36.1. The number of hydrogen-bond acceptors (Lipinski definition) is 5. The zero-order chi connectivity index (χ0) is 14.3. The molecule has 19 heavy (non-hydrogen) atoms. The molecule has 0 aromatic carbocycles. The number of carbonyl (C=O) groups is 1. The molecule has 0 radical (unpaired) electrons. The Balaban J connectivity index is 2.33. The molecule has 0 atom stereocenters. The van der Waals surface area contributed by atoms with E-state index in [1.807, 2.05) is 13.8 Å². The molecule has 1 heterocycles. The van der Waals surface area contributed by atoms with E-state index in [2.05, 4.69) is 4.72 Å². The molecule has 0 saturated heterocycles. The third-order valence-corrected chi connectivity index (χ3v) is 3.53. The molecule has 0 unspecified atom stereocenters. The zero-order valence-electron chi connectivity index (χ0n) is 11.1. The maximum atomic E-state index is 11.7. The highest BCUT2D eigenvalue weighted by Gasteiger charge is 2.17. The number of sulfonamides is 1. The lowest BCUT2D eigenvalue weighted by Gasteiger charge is -2.07. The van der Waals surface area contributed by atoms with Gasteiger partial charge >= 0.3 is 0 Å². The van der Waals surface area contributed by atoms with Crippen molar-refractivity contribution in [3.05, 3.63) is 17.9 Å². The van der Waals surface area contributed by atoms with E-state index in [4.69, 9.17) is 9.15 Å². The maximum Gasteiger partial charge on any atom is 0.273 e. The molecular weight excluding hydrogens is 270 g/mol. The summed E-state index contributed by atoms with van der Waals surface area (Å²) in [4.78, 5) is 10.4. The first-order valence-electron chi connectivity index (χ1n) is 6.08. The lowest BCUT2D eigenvalue weighted by Crippen LogP contribution is -2.25.